The third-order valence-corrected chi connectivity index (χ3v) is 2.34. The van der Waals surface area contributed by atoms with Crippen LogP contribution in [0.2, 0.25) is 0 Å². The van der Waals surface area contributed by atoms with Crippen LogP contribution in [0.5, 0.6) is 0 Å². The molecule has 1 aromatic heterocycles. The Morgan fingerprint density at radius 1 is 1.62 bits per heavy atom. The lowest BCUT2D eigenvalue weighted by molar-refractivity contribution is 0.110. The number of hydrogen-bond donors (Lipinski definition) is 1. The van der Waals surface area contributed by atoms with Crippen molar-refractivity contribution in [3.05, 3.63) is 20.9 Å². The highest BCUT2D eigenvalue weighted by Gasteiger charge is 2.19. The van der Waals surface area contributed by atoms with Crippen LogP contribution in [-0.4, -0.2) is 11.3 Å². The lowest BCUT2D eigenvalue weighted by Gasteiger charge is -2.07. The first-order chi connectivity index (χ1) is 6.07. The summed E-state index contributed by atoms with van der Waals surface area (Å²) in [5, 5.41) is 0. The molecule has 0 aliphatic heterocycles. The summed E-state index contributed by atoms with van der Waals surface area (Å²) >= 11 is 1.68. The van der Waals surface area contributed by atoms with Crippen molar-refractivity contribution in [2.45, 2.75) is 6.43 Å². The average molecular weight is 298 g/mol. The maximum absolute atomic E-state index is 12.4. The number of nitrogens with two attached hydrogens (primary N) is 1. The minimum Gasteiger partial charge on any atom is -0.383 e. The van der Waals surface area contributed by atoms with Gasteiger partial charge in [-0.2, -0.15) is 0 Å². The number of alkyl halides is 2. The lowest BCUT2D eigenvalue weighted by atomic mass is 10.1. The summed E-state index contributed by atoms with van der Waals surface area (Å²) in [6.07, 6.45) is -1.20. The molecule has 70 valence electrons. The second-order valence-electron chi connectivity index (χ2n) is 2.24. The molecule has 0 aliphatic rings. The molecule has 0 saturated heterocycles. The quantitative estimate of drug-likeness (QED) is 0.671. The molecule has 0 unspecified atom stereocenters. The van der Waals surface area contributed by atoms with Crippen molar-refractivity contribution in [1.29, 1.82) is 0 Å². The molecule has 3 nitrogen and oxygen atoms in total. The van der Waals surface area contributed by atoms with E-state index in [1.165, 1.54) is 6.20 Å². The predicted molar refractivity (Wildman–Crippen MR) is 51.7 cm³/mol. The Morgan fingerprint density at radius 3 is 2.62 bits per heavy atom. The van der Waals surface area contributed by atoms with Crippen molar-refractivity contribution in [2.75, 3.05) is 5.73 Å². The molecule has 1 aromatic rings. The Bertz CT molecular complexity index is 344. The van der Waals surface area contributed by atoms with E-state index in [-0.39, 0.29) is 20.5 Å². The molecule has 0 bridgehead atoms. The molecule has 1 heterocycles. The number of hydrogen-bond acceptors (Lipinski definition) is 3. The molecule has 0 fully saturated rings. The molecule has 0 saturated carbocycles. The summed E-state index contributed by atoms with van der Waals surface area (Å²) in [5.74, 6) is -0.161. The van der Waals surface area contributed by atoms with Crippen molar-refractivity contribution in [1.82, 2.24) is 4.98 Å². The number of carbonyl (C=O) groups excluding carboxylic acids is 1. The number of nitrogens with zero attached hydrogens (tertiary/aromatic N) is 1. The third kappa shape index (κ3) is 1.93. The molecule has 1 rings (SSSR count). The molecule has 0 radical (unpaired) electrons. The van der Waals surface area contributed by atoms with Crippen LogP contribution in [0.4, 0.5) is 14.6 Å². The lowest BCUT2D eigenvalue weighted by Crippen LogP contribution is -2.04. The van der Waals surface area contributed by atoms with Gasteiger partial charge in [-0.3, -0.25) is 4.79 Å². The van der Waals surface area contributed by atoms with E-state index in [1.807, 2.05) is 0 Å². The zero-order valence-corrected chi connectivity index (χ0v) is 8.46. The van der Waals surface area contributed by atoms with Gasteiger partial charge >= 0.3 is 0 Å². The molecule has 2 N–H and O–H groups in total. The van der Waals surface area contributed by atoms with Gasteiger partial charge in [0.05, 0.1) is 5.56 Å². The van der Waals surface area contributed by atoms with Gasteiger partial charge in [-0.15, -0.1) is 0 Å². The average Bonchev–Trinajstić information content (AvgIpc) is 2.07. The molecule has 0 aromatic carbocycles. The molecular formula is C7H5F2IN2O. The Hall–Kier alpha value is -0.790. The van der Waals surface area contributed by atoms with Gasteiger partial charge in [0, 0.05) is 15.3 Å². The van der Waals surface area contributed by atoms with Crippen LogP contribution in [0, 0.1) is 3.57 Å². The Kier molecular flexibility index (Phi) is 3.12. The van der Waals surface area contributed by atoms with Crippen molar-refractivity contribution in [2.24, 2.45) is 0 Å². The van der Waals surface area contributed by atoms with Crippen LogP contribution in [0.3, 0.4) is 0 Å². The molecule has 0 atom stereocenters. The molecular weight excluding hydrogens is 293 g/mol. The normalized spacial score (nSPS) is 10.5. The Morgan fingerprint density at radius 2 is 2.23 bits per heavy atom. The summed E-state index contributed by atoms with van der Waals surface area (Å²) in [5.41, 5.74) is 4.69. The van der Waals surface area contributed by atoms with E-state index in [9.17, 15) is 13.6 Å². The van der Waals surface area contributed by atoms with E-state index in [1.54, 1.807) is 22.6 Å². The van der Waals surface area contributed by atoms with Crippen LogP contribution in [0.25, 0.3) is 0 Å². The van der Waals surface area contributed by atoms with Gasteiger partial charge in [0.2, 0.25) is 0 Å². The number of halogens is 3. The summed E-state index contributed by atoms with van der Waals surface area (Å²) in [7, 11) is 0. The Labute approximate surface area is 86.5 Å². The highest BCUT2D eigenvalue weighted by atomic mass is 127. The van der Waals surface area contributed by atoms with Gasteiger partial charge < -0.3 is 5.73 Å². The second kappa shape index (κ2) is 3.95. The van der Waals surface area contributed by atoms with Gasteiger partial charge in [0.1, 0.15) is 5.82 Å². The highest BCUT2D eigenvalue weighted by Crippen LogP contribution is 2.28. The molecule has 6 heteroatoms. The van der Waals surface area contributed by atoms with E-state index < -0.39 is 6.43 Å². The number of carbonyl (C=O) groups is 1. The van der Waals surface area contributed by atoms with Crippen molar-refractivity contribution >= 4 is 34.7 Å². The molecule has 13 heavy (non-hydrogen) atoms. The topological polar surface area (TPSA) is 56.0 Å². The Balaban J connectivity index is 3.43. The van der Waals surface area contributed by atoms with Crippen LogP contribution in [0.1, 0.15) is 22.3 Å². The van der Waals surface area contributed by atoms with Crippen LogP contribution < -0.4 is 5.73 Å². The van der Waals surface area contributed by atoms with Crippen molar-refractivity contribution < 1.29 is 13.6 Å². The van der Waals surface area contributed by atoms with Gasteiger partial charge in [-0.25, -0.2) is 13.8 Å². The smallest absolute Gasteiger partial charge is 0.265 e. The van der Waals surface area contributed by atoms with E-state index in [2.05, 4.69) is 4.98 Å². The van der Waals surface area contributed by atoms with Gasteiger partial charge in [0.25, 0.3) is 6.43 Å². The van der Waals surface area contributed by atoms with Crippen molar-refractivity contribution in [3.8, 4) is 0 Å². The maximum Gasteiger partial charge on any atom is 0.265 e. The fraction of sp³-hybridized carbons (Fsp3) is 0.143. The minimum atomic E-state index is -2.71. The first-order valence-corrected chi connectivity index (χ1v) is 4.33. The predicted octanol–water partition coefficient (Wildman–Crippen LogP) is 2.02. The van der Waals surface area contributed by atoms with E-state index >= 15 is 0 Å². The van der Waals surface area contributed by atoms with Crippen molar-refractivity contribution in [3.63, 3.8) is 0 Å². The largest absolute Gasteiger partial charge is 0.383 e. The molecule has 0 aliphatic carbocycles. The number of aromatic nitrogens is 1. The molecule has 0 amide bonds. The summed E-state index contributed by atoms with van der Waals surface area (Å²) in [4.78, 5) is 14.0. The van der Waals surface area contributed by atoms with Gasteiger partial charge in [-0.1, -0.05) is 0 Å². The van der Waals surface area contributed by atoms with Crippen LogP contribution in [0.15, 0.2) is 6.20 Å². The first kappa shape index (κ1) is 10.3. The van der Waals surface area contributed by atoms with Crippen LogP contribution in [-0.2, 0) is 0 Å². The highest BCUT2D eigenvalue weighted by molar-refractivity contribution is 14.1. The third-order valence-electron chi connectivity index (χ3n) is 1.48. The maximum atomic E-state index is 12.4. The standard InChI is InChI=1S/C7H5F2IN2O/c8-6(9)5-3(2-13)7(11)12-1-4(5)10/h1-2,6H,(H2,11,12). The minimum absolute atomic E-state index is 0.161. The van der Waals surface area contributed by atoms with E-state index in [0.29, 0.717) is 6.29 Å². The van der Waals surface area contributed by atoms with Gasteiger partial charge in [-0.05, 0) is 22.6 Å². The van der Waals surface area contributed by atoms with Crippen LogP contribution >= 0.6 is 22.6 Å². The fourth-order valence-electron chi connectivity index (χ4n) is 0.878. The molecule has 0 spiro atoms. The van der Waals surface area contributed by atoms with Gasteiger partial charge in [0.15, 0.2) is 6.29 Å². The summed E-state index contributed by atoms with van der Waals surface area (Å²) < 4.78 is 25.1. The van der Waals surface area contributed by atoms with E-state index in [4.69, 9.17) is 5.73 Å². The SMILES string of the molecule is Nc1ncc(I)c(C(F)F)c1C=O. The summed E-state index contributed by atoms with van der Waals surface area (Å²) in [6.45, 7) is 0. The zero-order valence-electron chi connectivity index (χ0n) is 6.30. The zero-order chi connectivity index (χ0) is 10.0. The van der Waals surface area contributed by atoms with E-state index in [0.717, 1.165) is 0 Å². The monoisotopic (exact) mass is 298 g/mol. The summed E-state index contributed by atoms with van der Waals surface area (Å²) in [6, 6.07) is 0. The number of nitrogen functional groups attached to an aromatic ring is 1. The second-order valence-corrected chi connectivity index (χ2v) is 3.40. The number of pyridine rings is 1. The number of anilines is 1. The fourth-order valence-corrected chi connectivity index (χ4v) is 1.54. The number of rotatable bonds is 2. The number of aldehydes is 1. The first-order valence-electron chi connectivity index (χ1n) is 3.25.